The summed E-state index contributed by atoms with van der Waals surface area (Å²) in [6.07, 6.45) is 0. The molecule has 10 heavy (non-hydrogen) atoms. The zero-order valence-corrected chi connectivity index (χ0v) is 7.33. The molecule has 1 radical (unpaired) electrons. The Kier molecular flexibility index (Phi) is 16.6. The Hall–Kier alpha value is 0.770. The number of nitrogens with two attached hydrogens (primary N) is 2. The molecule has 4 N–H and O–H groups in total. The summed E-state index contributed by atoms with van der Waals surface area (Å²) in [6, 6.07) is 0. The minimum absolute atomic E-state index is 0. The van der Waals surface area contributed by atoms with Crippen molar-refractivity contribution in [2.45, 2.75) is 0 Å². The molecule has 0 saturated heterocycles. The summed E-state index contributed by atoms with van der Waals surface area (Å²) in [5, 5.41) is 0. The SMILES string of the molecule is NCCN.O=P([O-])([O-])[O-].[Ag]. The Labute approximate surface area is 74.4 Å². The van der Waals surface area contributed by atoms with Crippen molar-refractivity contribution in [2.75, 3.05) is 13.1 Å². The Bertz CT molecular complexity index is 85.0. The summed E-state index contributed by atoms with van der Waals surface area (Å²) in [5.74, 6) is 0. The second kappa shape index (κ2) is 9.77. The summed E-state index contributed by atoms with van der Waals surface area (Å²) >= 11 is 0. The molecule has 0 bridgehead atoms. The third-order valence-corrected chi connectivity index (χ3v) is 0.167. The molecule has 6 nitrogen and oxygen atoms in total. The molecule has 0 aromatic rings. The van der Waals surface area contributed by atoms with E-state index in [0.717, 1.165) is 0 Å². The van der Waals surface area contributed by atoms with Gasteiger partial charge in [-0.15, -0.1) is 0 Å². The van der Waals surface area contributed by atoms with Crippen molar-refractivity contribution in [2.24, 2.45) is 11.5 Å². The van der Waals surface area contributed by atoms with Gasteiger partial charge in [-0.3, -0.25) is 0 Å². The van der Waals surface area contributed by atoms with Gasteiger partial charge in [-0.05, 0) is 0 Å². The van der Waals surface area contributed by atoms with Gasteiger partial charge in [0.15, 0.2) is 0 Å². The van der Waals surface area contributed by atoms with E-state index in [9.17, 15) is 0 Å². The Morgan fingerprint density at radius 2 is 1.20 bits per heavy atom. The molecule has 0 amide bonds. The molecule has 0 aromatic carbocycles. The minimum Gasteiger partial charge on any atom is -0.822 e. The maximum Gasteiger partial charge on any atom is 0.00461 e. The number of rotatable bonds is 1. The van der Waals surface area contributed by atoms with Gasteiger partial charge < -0.3 is 30.7 Å². The van der Waals surface area contributed by atoms with Crippen molar-refractivity contribution in [3.8, 4) is 0 Å². The zero-order valence-electron chi connectivity index (χ0n) is 4.95. The molecule has 0 aliphatic rings. The van der Waals surface area contributed by atoms with Crippen LogP contribution in [0.25, 0.3) is 0 Å². The maximum absolute atomic E-state index is 8.55. The fourth-order valence-electron chi connectivity index (χ4n) is 0. The quantitative estimate of drug-likeness (QED) is 0.366. The van der Waals surface area contributed by atoms with Crippen LogP contribution in [-0.2, 0) is 26.9 Å². The van der Waals surface area contributed by atoms with Gasteiger partial charge in [0.2, 0.25) is 0 Å². The second-order valence-electron chi connectivity index (χ2n) is 1.02. The van der Waals surface area contributed by atoms with Crippen LogP contribution in [0.15, 0.2) is 0 Å². The molecule has 0 aliphatic heterocycles. The maximum atomic E-state index is 8.55. The van der Waals surface area contributed by atoms with Crippen LogP contribution < -0.4 is 26.1 Å². The van der Waals surface area contributed by atoms with Crippen molar-refractivity contribution < 1.29 is 41.6 Å². The first-order valence-corrected chi connectivity index (χ1v) is 3.51. The second-order valence-corrected chi connectivity index (χ2v) is 1.92. The third kappa shape index (κ3) is 169. The largest absolute Gasteiger partial charge is 0.822 e. The first kappa shape index (κ1) is 17.0. The first-order valence-electron chi connectivity index (χ1n) is 2.05. The van der Waals surface area contributed by atoms with Gasteiger partial charge in [0.05, 0.1) is 0 Å². The van der Waals surface area contributed by atoms with Crippen molar-refractivity contribution in [1.29, 1.82) is 0 Å². The summed E-state index contributed by atoms with van der Waals surface area (Å²) in [6.45, 7) is 1.19. The number of hydrogen-bond acceptors (Lipinski definition) is 6. The van der Waals surface area contributed by atoms with Gasteiger partial charge >= 0.3 is 0 Å². The zero-order chi connectivity index (χ0) is 7.91. The number of hydrogen-bond donors (Lipinski definition) is 2. The van der Waals surface area contributed by atoms with Gasteiger partial charge in [-0.1, -0.05) is 0 Å². The predicted octanol–water partition coefficient (Wildman–Crippen LogP) is -3.92. The fraction of sp³-hybridized carbons (Fsp3) is 1.00. The molecular formula is C2H8AgN2O4P-3. The van der Waals surface area contributed by atoms with Crippen LogP contribution >= 0.6 is 7.82 Å². The van der Waals surface area contributed by atoms with Crippen LogP contribution in [0.4, 0.5) is 0 Å². The van der Waals surface area contributed by atoms with E-state index in [1.807, 2.05) is 0 Å². The Morgan fingerprint density at radius 3 is 1.20 bits per heavy atom. The summed E-state index contributed by atoms with van der Waals surface area (Å²) in [4.78, 5) is 25.6. The van der Waals surface area contributed by atoms with Crippen LogP contribution in [0.3, 0.4) is 0 Å². The fourth-order valence-corrected chi connectivity index (χ4v) is 0. The molecule has 0 atom stereocenters. The molecular weight excluding hydrogens is 255 g/mol. The molecule has 0 aliphatic carbocycles. The van der Waals surface area contributed by atoms with E-state index in [1.54, 1.807) is 0 Å². The summed E-state index contributed by atoms with van der Waals surface area (Å²) < 4.78 is 8.55. The minimum atomic E-state index is -5.39. The van der Waals surface area contributed by atoms with Crippen molar-refractivity contribution in [1.82, 2.24) is 0 Å². The average molecular weight is 263 g/mol. The molecule has 0 heterocycles. The van der Waals surface area contributed by atoms with E-state index >= 15 is 0 Å². The van der Waals surface area contributed by atoms with E-state index in [-0.39, 0.29) is 22.4 Å². The summed E-state index contributed by atoms with van der Waals surface area (Å²) in [7, 11) is -5.39. The van der Waals surface area contributed by atoms with Crippen LogP contribution in [0, 0.1) is 0 Å². The summed E-state index contributed by atoms with van der Waals surface area (Å²) in [5.41, 5.74) is 9.81. The van der Waals surface area contributed by atoms with Crippen LogP contribution in [0.1, 0.15) is 0 Å². The van der Waals surface area contributed by atoms with Crippen molar-refractivity contribution in [3.05, 3.63) is 0 Å². The van der Waals surface area contributed by atoms with Crippen molar-refractivity contribution >= 4 is 7.82 Å². The van der Waals surface area contributed by atoms with Crippen LogP contribution in [-0.4, -0.2) is 13.1 Å². The van der Waals surface area contributed by atoms with Crippen LogP contribution in [0.5, 0.6) is 0 Å². The van der Waals surface area contributed by atoms with Gasteiger partial charge in [-0.25, -0.2) is 0 Å². The first-order chi connectivity index (χ1) is 3.91. The van der Waals surface area contributed by atoms with Gasteiger partial charge in [0, 0.05) is 35.5 Å². The van der Waals surface area contributed by atoms with Crippen LogP contribution in [0.2, 0.25) is 0 Å². The molecule has 0 rings (SSSR count). The topological polar surface area (TPSA) is 138 Å². The van der Waals surface area contributed by atoms with Gasteiger partial charge in [0.1, 0.15) is 0 Å². The average Bonchev–Trinajstić information content (AvgIpc) is 1.61. The molecule has 69 valence electrons. The standard InChI is InChI=1S/C2H8N2.Ag.H3O4P/c3-1-2-4;;1-5(2,3)4/h1-4H2;;(H3,1,2,3,4)/p-3. The Morgan fingerprint density at radius 1 is 1.10 bits per heavy atom. The molecule has 0 aromatic heterocycles. The molecule has 0 fully saturated rings. The van der Waals surface area contributed by atoms with E-state index < -0.39 is 7.82 Å². The van der Waals surface area contributed by atoms with Gasteiger partial charge in [0.25, 0.3) is 0 Å². The van der Waals surface area contributed by atoms with Gasteiger partial charge in [-0.2, -0.15) is 7.82 Å². The van der Waals surface area contributed by atoms with E-state index in [1.165, 1.54) is 0 Å². The van der Waals surface area contributed by atoms with E-state index in [0.29, 0.717) is 13.1 Å². The predicted molar refractivity (Wildman–Crippen MR) is 25.7 cm³/mol. The molecule has 0 spiro atoms. The Balaban J connectivity index is -0.0000000910. The van der Waals surface area contributed by atoms with E-state index in [2.05, 4.69) is 0 Å². The molecule has 8 heteroatoms. The van der Waals surface area contributed by atoms with Crippen molar-refractivity contribution in [3.63, 3.8) is 0 Å². The number of phosphoric acid groups is 1. The third-order valence-electron chi connectivity index (χ3n) is 0.167. The molecule has 0 unspecified atom stereocenters. The van der Waals surface area contributed by atoms with E-state index in [4.69, 9.17) is 30.7 Å². The normalized spacial score (nSPS) is 8.90. The smallest absolute Gasteiger partial charge is 0.00461 e. The monoisotopic (exact) mass is 262 g/mol. The molecule has 0 saturated carbocycles.